The molecule has 8 heteroatoms. The van der Waals surface area contributed by atoms with E-state index in [0.29, 0.717) is 30.4 Å². The van der Waals surface area contributed by atoms with Crippen molar-refractivity contribution in [2.75, 3.05) is 6.61 Å². The van der Waals surface area contributed by atoms with Crippen molar-refractivity contribution < 1.29 is 14.1 Å². The van der Waals surface area contributed by atoms with Crippen LogP contribution in [0.4, 0.5) is 0 Å². The van der Waals surface area contributed by atoms with Gasteiger partial charge in [0, 0.05) is 18.4 Å². The largest absolute Gasteiger partial charge is 0.368 e. The lowest BCUT2D eigenvalue weighted by Crippen LogP contribution is -2.23. The highest BCUT2D eigenvalue weighted by atomic mass is 32.1. The Balaban J connectivity index is 1.32. The van der Waals surface area contributed by atoms with Gasteiger partial charge < -0.3 is 14.6 Å². The number of hydrogen-bond acceptors (Lipinski definition) is 7. The molecule has 0 bridgehead atoms. The molecule has 134 valence electrons. The maximum atomic E-state index is 12.3. The number of hydrogen-bond donors (Lipinski definition) is 1. The Morgan fingerprint density at radius 1 is 1.27 bits per heavy atom. The number of nitrogens with one attached hydrogen (secondary N) is 1. The zero-order chi connectivity index (χ0) is 17.8. The fraction of sp³-hybridized carbons (Fsp3) is 0.333. The van der Waals surface area contributed by atoms with Crippen LogP contribution in [0.25, 0.3) is 0 Å². The second kappa shape index (κ2) is 7.76. The standard InChI is InChI=1S/C18H18N4O3S/c23-17(13-11-26-16(20-13)9-12-5-2-1-3-6-12)19-10-15-21-18(25-22-15)14-7-4-8-24-14/h1-3,5-6,11,14H,4,7-10H2,(H,19,23)/t14-/m1/s1. The van der Waals surface area contributed by atoms with E-state index < -0.39 is 0 Å². The van der Waals surface area contributed by atoms with Crippen LogP contribution in [0.15, 0.2) is 40.2 Å². The van der Waals surface area contributed by atoms with Gasteiger partial charge in [0.15, 0.2) is 5.82 Å². The Bertz CT molecular complexity index is 871. The van der Waals surface area contributed by atoms with Gasteiger partial charge in [-0.15, -0.1) is 11.3 Å². The second-order valence-corrected chi connectivity index (χ2v) is 6.96. The van der Waals surface area contributed by atoms with Crippen molar-refractivity contribution in [1.82, 2.24) is 20.4 Å². The predicted octanol–water partition coefficient (Wildman–Crippen LogP) is 2.90. The fourth-order valence-corrected chi connectivity index (χ4v) is 3.57. The smallest absolute Gasteiger partial charge is 0.271 e. The van der Waals surface area contributed by atoms with Crippen molar-refractivity contribution in [1.29, 1.82) is 0 Å². The first-order valence-corrected chi connectivity index (χ1v) is 9.36. The number of aromatic nitrogens is 3. The van der Waals surface area contributed by atoms with Crippen LogP contribution in [0.3, 0.4) is 0 Å². The lowest BCUT2D eigenvalue weighted by molar-refractivity contribution is 0.0835. The third-order valence-electron chi connectivity index (χ3n) is 4.08. The molecule has 0 unspecified atom stereocenters. The summed E-state index contributed by atoms with van der Waals surface area (Å²) in [4.78, 5) is 21.0. The first-order chi connectivity index (χ1) is 12.8. The van der Waals surface area contributed by atoms with E-state index in [4.69, 9.17) is 9.26 Å². The van der Waals surface area contributed by atoms with E-state index in [1.54, 1.807) is 5.38 Å². The summed E-state index contributed by atoms with van der Waals surface area (Å²) in [6.07, 6.45) is 2.48. The molecule has 1 amide bonds. The normalized spacial score (nSPS) is 16.7. The number of benzene rings is 1. The summed E-state index contributed by atoms with van der Waals surface area (Å²) in [5, 5.41) is 9.33. The van der Waals surface area contributed by atoms with Crippen molar-refractivity contribution >= 4 is 17.2 Å². The Labute approximate surface area is 154 Å². The molecule has 3 aromatic rings. The van der Waals surface area contributed by atoms with Gasteiger partial charge in [-0.3, -0.25) is 4.79 Å². The molecule has 1 atom stereocenters. The zero-order valence-electron chi connectivity index (χ0n) is 14.1. The first-order valence-electron chi connectivity index (χ1n) is 8.48. The number of amides is 1. The lowest BCUT2D eigenvalue weighted by atomic mass is 10.2. The maximum absolute atomic E-state index is 12.3. The third-order valence-corrected chi connectivity index (χ3v) is 4.93. The SMILES string of the molecule is O=C(NCc1noc([C@H]2CCCO2)n1)c1csc(Cc2ccccc2)n1. The summed E-state index contributed by atoms with van der Waals surface area (Å²) in [6.45, 7) is 0.912. The monoisotopic (exact) mass is 370 g/mol. The lowest BCUT2D eigenvalue weighted by Gasteiger charge is -2.01. The molecular weight excluding hydrogens is 352 g/mol. The highest BCUT2D eigenvalue weighted by molar-refractivity contribution is 7.09. The molecule has 1 aliphatic rings. The molecule has 0 spiro atoms. The molecule has 0 aliphatic carbocycles. The van der Waals surface area contributed by atoms with Gasteiger partial charge in [0.25, 0.3) is 11.8 Å². The Morgan fingerprint density at radius 2 is 2.15 bits per heavy atom. The zero-order valence-corrected chi connectivity index (χ0v) is 14.9. The molecule has 1 fully saturated rings. The van der Waals surface area contributed by atoms with Gasteiger partial charge in [-0.2, -0.15) is 4.98 Å². The topological polar surface area (TPSA) is 90.1 Å². The highest BCUT2D eigenvalue weighted by Gasteiger charge is 2.24. The van der Waals surface area contributed by atoms with Crippen LogP contribution in [0.1, 0.15) is 51.7 Å². The van der Waals surface area contributed by atoms with Crippen LogP contribution < -0.4 is 5.32 Å². The average Bonchev–Trinajstić information content (AvgIpc) is 3.41. The highest BCUT2D eigenvalue weighted by Crippen LogP contribution is 2.26. The summed E-state index contributed by atoms with van der Waals surface area (Å²) in [7, 11) is 0. The first kappa shape index (κ1) is 16.9. The van der Waals surface area contributed by atoms with E-state index in [1.165, 1.54) is 16.9 Å². The second-order valence-electron chi connectivity index (χ2n) is 6.02. The maximum Gasteiger partial charge on any atom is 0.271 e. The summed E-state index contributed by atoms with van der Waals surface area (Å²) >= 11 is 1.48. The van der Waals surface area contributed by atoms with Gasteiger partial charge in [-0.05, 0) is 18.4 Å². The predicted molar refractivity (Wildman–Crippen MR) is 94.8 cm³/mol. The molecule has 0 radical (unpaired) electrons. The van der Waals surface area contributed by atoms with E-state index in [0.717, 1.165) is 17.8 Å². The minimum Gasteiger partial charge on any atom is -0.368 e. The van der Waals surface area contributed by atoms with E-state index in [-0.39, 0.29) is 18.6 Å². The molecule has 0 saturated carbocycles. The molecule has 3 heterocycles. The summed E-state index contributed by atoms with van der Waals surface area (Å²) in [6, 6.07) is 10.1. The number of ether oxygens (including phenoxy) is 1. The van der Waals surface area contributed by atoms with Gasteiger partial charge in [0.2, 0.25) is 0 Å². The third kappa shape index (κ3) is 3.97. The quantitative estimate of drug-likeness (QED) is 0.717. The van der Waals surface area contributed by atoms with E-state index in [9.17, 15) is 4.79 Å². The fourth-order valence-electron chi connectivity index (χ4n) is 2.76. The van der Waals surface area contributed by atoms with E-state index in [1.807, 2.05) is 30.3 Å². The average molecular weight is 370 g/mol. The van der Waals surface area contributed by atoms with Gasteiger partial charge in [0.05, 0.1) is 11.6 Å². The molecule has 2 aromatic heterocycles. The Kier molecular flexibility index (Phi) is 5.03. The van der Waals surface area contributed by atoms with Crippen LogP contribution in [0.5, 0.6) is 0 Å². The Hall–Kier alpha value is -2.58. The molecule has 1 N–H and O–H groups in total. The number of thiazole rings is 1. The van der Waals surface area contributed by atoms with Crippen LogP contribution in [0.2, 0.25) is 0 Å². The Morgan fingerprint density at radius 3 is 2.96 bits per heavy atom. The number of nitrogens with zero attached hydrogens (tertiary/aromatic N) is 3. The molecule has 1 aliphatic heterocycles. The summed E-state index contributed by atoms with van der Waals surface area (Å²) < 4.78 is 10.7. The minimum absolute atomic E-state index is 0.119. The van der Waals surface area contributed by atoms with Gasteiger partial charge in [0.1, 0.15) is 11.8 Å². The summed E-state index contributed by atoms with van der Waals surface area (Å²) in [5.41, 5.74) is 1.58. The van der Waals surface area contributed by atoms with Crippen molar-refractivity contribution in [3.8, 4) is 0 Å². The van der Waals surface area contributed by atoms with Crippen LogP contribution in [-0.4, -0.2) is 27.6 Å². The molecular formula is C18H18N4O3S. The van der Waals surface area contributed by atoms with Gasteiger partial charge >= 0.3 is 0 Å². The van der Waals surface area contributed by atoms with Crippen molar-refractivity contribution in [2.24, 2.45) is 0 Å². The molecule has 1 aromatic carbocycles. The summed E-state index contributed by atoms with van der Waals surface area (Å²) in [5.74, 6) is 0.665. The van der Waals surface area contributed by atoms with E-state index >= 15 is 0 Å². The number of carbonyl (C=O) groups is 1. The van der Waals surface area contributed by atoms with E-state index in [2.05, 4.69) is 20.4 Å². The molecule has 4 rings (SSSR count). The van der Waals surface area contributed by atoms with Crippen LogP contribution in [0, 0.1) is 0 Å². The van der Waals surface area contributed by atoms with Crippen LogP contribution >= 0.6 is 11.3 Å². The number of rotatable bonds is 6. The van der Waals surface area contributed by atoms with Crippen molar-refractivity contribution in [3.63, 3.8) is 0 Å². The minimum atomic E-state index is -0.246. The molecule has 1 saturated heterocycles. The molecule has 7 nitrogen and oxygen atoms in total. The van der Waals surface area contributed by atoms with Crippen molar-refractivity contribution in [2.45, 2.75) is 31.9 Å². The van der Waals surface area contributed by atoms with Crippen LogP contribution in [-0.2, 0) is 17.7 Å². The van der Waals surface area contributed by atoms with Crippen molar-refractivity contribution in [3.05, 3.63) is 63.7 Å². The molecule has 26 heavy (non-hydrogen) atoms. The van der Waals surface area contributed by atoms with Gasteiger partial charge in [-0.1, -0.05) is 35.5 Å². The van der Waals surface area contributed by atoms with Gasteiger partial charge in [-0.25, -0.2) is 4.98 Å². The number of carbonyl (C=O) groups excluding carboxylic acids is 1.